The minimum absolute atomic E-state index is 0.256. The molecule has 0 aliphatic rings. The van der Waals surface area contributed by atoms with Gasteiger partial charge in [0.15, 0.2) is 0 Å². The Hall–Kier alpha value is -2.27. The van der Waals surface area contributed by atoms with Crippen LogP contribution in [0.25, 0.3) is 10.8 Å². The lowest BCUT2D eigenvalue weighted by Gasteiger charge is -2.08. The van der Waals surface area contributed by atoms with E-state index in [9.17, 15) is 4.79 Å². The number of carbonyl (C=O) groups is 1. The lowest BCUT2D eigenvalue weighted by molar-refractivity contribution is 0.102. The van der Waals surface area contributed by atoms with Crippen LogP contribution >= 0.6 is 15.9 Å². The van der Waals surface area contributed by atoms with Crippen LogP contribution in [0.3, 0.4) is 0 Å². The maximum atomic E-state index is 12.3. The summed E-state index contributed by atoms with van der Waals surface area (Å²) < 4.78 is 0.663. The number of rotatable bonds is 2. The second kappa shape index (κ2) is 5.38. The summed E-state index contributed by atoms with van der Waals surface area (Å²) in [5.74, 6) is -0.256. The maximum absolute atomic E-state index is 12.3. The van der Waals surface area contributed by atoms with E-state index in [1.54, 1.807) is 30.7 Å². The molecule has 0 bridgehead atoms. The van der Waals surface area contributed by atoms with Gasteiger partial charge in [0.2, 0.25) is 0 Å². The van der Waals surface area contributed by atoms with E-state index in [4.69, 9.17) is 0 Å². The summed E-state index contributed by atoms with van der Waals surface area (Å²) >= 11 is 3.32. The van der Waals surface area contributed by atoms with Gasteiger partial charge in [0.1, 0.15) is 5.69 Å². The van der Waals surface area contributed by atoms with Crippen molar-refractivity contribution in [2.45, 2.75) is 0 Å². The number of halogens is 1. The smallest absolute Gasteiger partial charge is 0.275 e. The summed E-state index contributed by atoms with van der Waals surface area (Å²) in [6.07, 6.45) is 5.05. The molecule has 2 aromatic heterocycles. The Kier molecular flexibility index (Phi) is 3.43. The highest BCUT2D eigenvalue weighted by Crippen LogP contribution is 2.23. The molecule has 0 aliphatic heterocycles. The predicted octanol–water partition coefficient (Wildman–Crippen LogP) is 3.64. The van der Waals surface area contributed by atoms with E-state index >= 15 is 0 Å². The molecule has 0 aliphatic carbocycles. The number of pyridine rings is 2. The Morgan fingerprint density at radius 3 is 2.85 bits per heavy atom. The van der Waals surface area contributed by atoms with Crippen LogP contribution in [0.1, 0.15) is 10.5 Å². The highest BCUT2D eigenvalue weighted by Gasteiger charge is 2.12. The zero-order chi connectivity index (χ0) is 13.9. The fourth-order valence-corrected chi connectivity index (χ4v) is 2.39. The standard InChI is InChI=1S/C15H10BrN3O/c16-12-4-2-7-18-14(12)15(20)19-13-5-1-3-10-6-8-17-9-11(10)13/h1-9H,(H,19,20). The fourth-order valence-electron chi connectivity index (χ4n) is 1.96. The van der Waals surface area contributed by atoms with E-state index in [1.807, 2.05) is 24.3 Å². The van der Waals surface area contributed by atoms with Gasteiger partial charge in [-0.2, -0.15) is 0 Å². The summed E-state index contributed by atoms with van der Waals surface area (Å²) in [6, 6.07) is 11.2. The number of hydrogen-bond donors (Lipinski definition) is 1. The third-order valence-electron chi connectivity index (χ3n) is 2.91. The van der Waals surface area contributed by atoms with Crippen molar-refractivity contribution in [3.8, 4) is 0 Å². The van der Waals surface area contributed by atoms with Crippen molar-refractivity contribution in [3.05, 3.63) is 65.2 Å². The molecule has 0 unspecified atom stereocenters. The van der Waals surface area contributed by atoms with Gasteiger partial charge >= 0.3 is 0 Å². The Morgan fingerprint density at radius 2 is 2.00 bits per heavy atom. The molecule has 3 rings (SSSR count). The van der Waals surface area contributed by atoms with Crippen molar-refractivity contribution in [3.63, 3.8) is 0 Å². The van der Waals surface area contributed by atoms with Crippen molar-refractivity contribution in [1.29, 1.82) is 0 Å². The number of benzene rings is 1. The van der Waals surface area contributed by atoms with Crippen LogP contribution in [0.5, 0.6) is 0 Å². The summed E-state index contributed by atoms with van der Waals surface area (Å²) in [5, 5.41) is 4.79. The van der Waals surface area contributed by atoms with E-state index < -0.39 is 0 Å². The van der Waals surface area contributed by atoms with Gasteiger partial charge in [-0.05, 0) is 45.6 Å². The second-order valence-electron chi connectivity index (χ2n) is 4.19. The molecule has 20 heavy (non-hydrogen) atoms. The number of hydrogen-bond acceptors (Lipinski definition) is 3. The zero-order valence-electron chi connectivity index (χ0n) is 10.4. The number of anilines is 1. The van der Waals surface area contributed by atoms with Gasteiger partial charge in [-0.1, -0.05) is 12.1 Å². The molecule has 4 nitrogen and oxygen atoms in total. The number of aromatic nitrogens is 2. The molecule has 2 heterocycles. The Bertz CT molecular complexity index is 783. The van der Waals surface area contributed by atoms with Crippen LogP contribution in [0.2, 0.25) is 0 Å². The predicted molar refractivity (Wildman–Crippen MR) is 81.6 cm³/mol. The SMILES string of the molecule is O=C(Nc1cccc2ccncc12)c1ncccc1Br. The van der Waals surface area contributed by atoms with Crippen molar-refractivity contribution in [1.82, 2.24) is 9.97 Å². The monoisotopic (exact) mass is 327 g/mol. The molecule has 1 amide bonds. The van der Waals surface area contributed by atoms with Crippen LogP contribution < -0.4 is 5.32 Å². The first-order chi connectivity index (χ1) is 9.75. The summed E-state index contributed by atoms with van der Waals surface area (Å²) in [4.78, 5) is 20.4. The summed E-state index contributed by atoms with van der Waals surface area (Å²) in [6.45, 7) is 0. The van der Waals surface area contributed by atoms with E-state index in [0.29, 0.717) is 10.2 Å². The van der Waals surface area contributed by atoms with Crippen LogP contribution in [-0.2, 0) is 0 Å². The average Bonchev–Trinajstić information content (AvgIpc) is 2.48. The molecule has 5 heteroatoms. The van der Waals surface area contributed by atoms with Gasteiger partial charge in [-0.3, -0.25) is 9.78 Å². The van der Waals surface area contributed by atoms with Gasteiger partial charge in [0, 0.05) is 28.4 Å². The first kappa shape index (κ1) is 12.7. The molecular formula is C15H10BrN3O. The lowest BCUT2D eigenvalue weighted by atomic mass is 10.1. The Balaban J connectivity index is 1.98. The quantitative estimate of drug-likeness (QED) is 0.781. The normalized spacial score (nSPS) is 10.4. The van der Waals surface area contributed by atoms with Crippen LogP contribution in [0, 0.1) is 0 Å². The molecule has 0 saturated heterocycles. The van der Waals surface area contributed by atoms with E-state index in [-0.39, 0.29) is 5.91 Å². The lowest BCUT2D eigenvalue weighted by Crippen LogP contribution is -2.14. The van der Waals surface area contributed by atoms with E-state index in [2.05, 4.69) is 31.2 Å². The molecule has 0 atom stereocenters. The molecule has 0 radical (unpaired) electrons. The van der Waals surface area contributed by atoms with Crippen molar-refractivity contribution < 1.29 is 4.79 Å². The highest BCUT2D eigenvalue weighted by atomic mass is 79.9. The zero-order valence-corrected chi connectivity index (χ0v) is 12.0. The van der Waals surface area contributed by atoms with Crippen molar-refractivity contribution >= 4 is 38.3 Å². The summed E-state index contributed by atoms with van der Waals surface area (Å²) in [5.41, 5.74) is 1.08. The van der Waals surface area contributed by atoms with Gasteiger partial charge < -0.3 is 5.32 Å². The largest absolute Gasteiger partial charge is 0.320 e. The topological polar surface area (TPSA) is 54.9 Å². The van der Waals surface area contributed by atoms with Crippen LogP contribution in [-0.4, -0.2) is 15.9 Å². The van der Waals surface area contributed by atoms with Crippen molar-refractivity contribution in [2.24, 2.45) is 0 Å². The number of carbonyl (C=O) groups excluding carboxylic acids is 1. The molecule has 0 spiro atoms. The van der Waals surface area contributed by atoms with E-state index in [1.165, 1.54) is 0 Å². The number of nitrogens with one attached hydrogen (secondary N) is 1. The second-order valence-corrected chi connectivity index (χ2v) is 5.04. The van der Waals surface area contributed by atoms with Gasteiger partial charge in [0.25, 0.3) is 5.91 Å². The minimum atomic E-state index is -0.256. The van der Waals surface area contributed by atoms with Gasteiger partial charge in [0.05, 0.1) is 5.69 Å². The third kappa shape index (κ3) is 2.40. The van der Waals surface area contributed by atoms with Crippen LogP contribution in [0.15, 0.2) is 59.5 Å². The van der Waals surface area contributed by atoms with E-state index in [0.717, 1.165) is 16.5 Å². The number of amides is 1. The number of nitrogens with zero attached hydrogens (tertiary/aromatic N) is 2. The molecular weight excluding hydrogens is 318 g/mol. The van der Waals surface area contributed by atoms with Crippen molar-refractivity contribution in [2.75, 3.05) is 5.32 Å². The molecule has 98 valence electrons. The van der Waals surface area contributed by atoms with Crippen LogP contribution in [0.4, 0.5) is 5.69 Å². The first-order valence-electron chi connectivity index (χ1n) is 6.00. The average molecular weight is 328 g/mol. The molecule has 1 aromatic carbocycles. The third-order valence-corrected chi connectivity index (χ3v) is 3.55. The fraction of sp³-hybridized carbons (Fsp3) is 0. The molecule has 1 N–H and O–H groups in total. The number of fused-ring (bicyclic) bond motifs is 1. The van der Waals surface area contributed by atoms with Gasteiger partial charge in [-0.25, -0.2) is 4.98 Å². The molecule has 0 saturated carbocycles. The highest BCUT2D eigenvalue weighted by molar-refractivity contribution is 9.10. The Labute approximate surface area is 124 Å². The Morgan fingerprint density at radius 1 is 1.10 bits per heavy atom. The maximum Gasteiger partial charge on any atom is 0.275 e. The molecule has 3 aromatic rings. The van der Waals surface area contributed by atoms with Gasteiger partial charge in [-0.15, -0.1) is 0 Å². The minimum Gasteiger partial charge on any atom is -0.320 e. The molecule has 0 fully saturated rings. The first-order valence-corrected chi connectivity index (χ1v) is 6.79. The summed E-state index contributed by atoms with van der Waals surface area (Å²) in [7, 11) is 0.